The molecule has 1 aromatic heterocycles. The van der Waals surface area contributed by atoms with Gasteiger partial charge in [-0.3, -0.25) is 19.2 Å². The molecule has 4 saturated heterocycles. The number of sulfonamides is 1. The second kappa shape index (κ2) is 12.6. The van der Waals surface area contributed by atoms with E-state index in [0.29, 0.717) is 31.0 Å². The topological polar surface area (TPSA) is 127 Å². The van der Waals surface area contributed by atoms with Gasteiger partial charge in [-0.05, 0) is 65.7 Å². The number of benzene rings is 4. The summed E-state index contributed by atoms with van der Waals surface area (Å²) in [4.78, 5) is 30.4. The average molecular weight is 767 g/mol. The minimum Gasteiger partial charge on any atom is -0.497 e. The van der Waals surface area contributed by atoms with Crippen molar-refractivity contribution in [1.29, 1.82) is 0 Å². The van der Waals surface area contributed by atoms with E-state index in [4.69, 9.17) is 9.47 Å². The third-order valence-electron chi connectivity index (χ3n) is 10.6. The zero-order valence-corrected chi connectivity index (χ0v) is 31.2. The molecule has 5 aliphatic heterocycles. The molecule has 0 radical (unpaired) electrons. The van der Waals surface area contributed by atoms with Crippen molar-refractivity contribution in [2.75, 3.05) is 25.1 Å². The summed E-state index contributed by atoms with van der Waals surface area (Å²) >= 11 is 0. The van der Waals surface area contributed by atoms with Gasteiger partial charge in [-0.2, -0.15) is 0 Å². The first-order valence-corrected chi connectivity index (χ1v) is 20.8. The Morgan fingerprint density at radius 3 is 2.38 bits per heavy atom. The highest BCUT2D eigenvalue weighted by atomic mass is 33.1. The number of methoxy groups -OCH3 is 1. The molecule has 0 saturated carbocycles. The van der Waals surface area contributed by atoms with Crippen LogP contribution in [-0.2, 0) is 31.6 Å². The maximum Gasteiger partial charge on any atom is 0.266 e. The predicted octanol–water partition coefficient (Wildman–Crippen LogP) is 5.37. The lowest BCUT2D eigenvalue weighted by Crippen LogP contribution is -2.72. The number of piperazine rings is 1. The molecule has 270 valence electrons. The molecule has 5 aromatic rings. The first-order valence-electron chi connectivity index (χ1n) is 17.1. The van der Waals surface area contributed by atoms with Gasteiger partial charge in [0.1, 0.15) is 23.4 Å². The first kappa shape index (κ1) is 33.8. The van der Waals surface area contributed by atoms with Gasteiger partial charge in [-0.15, -0.1) is 5.10 Å². The summed E-state index contributed by atoms with van der Waals surface area (Å²) in [5.74, 6) is 0.953. The Kier molecular flexibility index (Phi) is 8.02. The van der Waals surface area contributed by atoms with E-state index in [-0.39, 0.29) is 23.1 Å². The summed E-state index contributed by atoms with van der Waals surface area (Å²) in [6.07, 6.45) is 1.78. The second-order valence-electron chi connectivity index (χ2n) is 13.4. The molecule has 12 nitrogen and oxygen atoms in total. The molecule has 10 rings (SSSR count). The van der Waals surface area contributed by atoms with Crippen LogP contribution in [0.25, 0.3) is 11.3 Å². The van der Waals surface area contributed by atoms with Crippen LogP contribution >= 0.6 is 21.6 Å². The van der Waals surface area contributed by atoms with Gasteiger partial charge in [0.25, 0.3) is 21.8 Å². The van der Waals surface area contributed by atoms with Crippen LogP contribution in [-0.4, -0.2) is 82.2 Å². The van der Waals surface area contributed by atoms with E-state index in [0.717, 1.165) is 28.1 Å². The first-order chi connectivity index (χ1) is 25.7. The summed E-state index contributed by atoms with van der Waals surface area (Å²) in [5, 5.41) is 7.81. The third-order valence-corrected chi connectivity index (χ3v) is 15.6. The van der Waals surface area contributed by atoms with Crippen molar-refractivity contribution in [2.24, 2.45) is 0 Å². The van der Waals surface area contributed by atoms with E-state index in [1.165, 1.54) is 30.8 Å². The number of para-hydroxylation sites is 1. The minimum atomic E-state index is -4.18. The normalized spacial score (nSPS) is 24.3. The van der Waals surface area contributed by atoms with Crippen molar-refractivity contribution < 1.29 is 27.5 Å². The fraction of sp³-hybridized carbons (Fsp3) is 0.263. The fourth-order valence-corrected chi connectivity index (χ4v) is 13.3. The van der Waals surface area contributed by atoms with Crippen LogP contribution in [0.1, 0.15) is 24.0 Å². The standard InChI is InChI=1S/C38H34N6O6S3/c1-41-34-33(45)43-35-37(24-38(43,36(41)46)52-51-34,30-11-6-7-12-32(30)44(35)53(47,48)29-9-4-3-5-10-29)26-15-19-28(20-16-26)50-22-8-21-42-23-31(39-40-42)25-13-17-27(49-2)18-14-25/h3-7,9-20,23,34-35H,8,21-22,24H2,1-2H3/t34-,35-,37-,38-/m0/s1. The molecule has 1 spiro atoms. The van der Waals surface area contributed by atoms with E-state index in [1.54, 1.807) is 66.2 Å². The zero-order valence-electron chi connectivity index (χ0n) is 28.7. The third kappa shape index (κ3) is 5.00. The Bertz CT molecular complexity index is 2340. The van der Waals surface area contributed by atoms with Crippen molar-refractivity contribution >= 4 is 49.1 Å². The van der Waals surface area contributed by atoms with Gasteiger partial charge >= 0.3 is 0 Å². The summed E-state index contributed by atoms with van der Waals surface area (Å²) in [5.41, 5.74) is 2.71. The van der Waals surface area contributed by atoms with E-state index in [9.17, 15) is 18.0 Å². The maximum absolute atomic E-state index is 14.7. The van der Waals surface area contributed by atoms with Crippen LogP contribution in [0.2, 0.25) is 0 Å². The van der Waals surface area contributed by atoms with E-state index < -0.39 is 31.8 Å². The molecule has 0 unspecified atom stereocenters. The fourth-order valence-electron chi connectivity index (χ4n) is 8.11. The van der Waals surface area contributed by atoms with Gasteiger partial charge in [-0.25, -0.2) is 12.7 Å². The molecule has 53 heavy (non-hydrogen) atoms. The minimum absolute atomic E-state index is 0.109. The Balaban J connectivity index is 1.02. The molecular weight excluding hydrogens is 733 g/mol. The molecule has 4 aromatic carbocycles. The van der Waals surface area contributed by atoms with Gasteiger partial charge in [0.2, 0.25) is 0 Å². The van der Waals surface area contributed by atoms with Crippen LogP contribution in [0.3, 0.4) is 0 Å². The Labute approximate surface area is 314 Å². The lowest BCUT2D eigenvalue weighted by Gasteiger charge is -2.53. The van der Waals surface area contributed by atoms with Crippen LogP contribution in [0.4, 0.5) is 5.69 Å². The van der Waals surface area contributed by atoms with Crippen LogP contribution in [0.15, 0.2) is 114 Å². The molecule has 0 N–H and O–H groups in total. The molecule has 2 bridgehead atoms. The predicted molar refractivity (Wildman–Crippen MR) is 202 cm³/mol. The van der Waals surface area contributed by atoms with Gasteiger partial charge in [0.15, 0.2) is 10.2 Å². The molecule has 6 heterocycles. The number of ether oxygens (including phenoxy) is 2. The highest BCUT2D eigenvalue weighted by Gasteiger charge is 2.77. The summed E-state index contributed by atoms with van der Waals surface area (Å²) in [6, 6.07) is 30.9. The number of hydrogen-bond donors (Lipinski definition) is 0. The monoisotopic (exact) mass is 766 g/mol. The lowest BCUT2D eigenvalue weighted by molar-refractivity contribution is -0.158. The number of fused-ring (bicyclic) bond motifs is 5. The van der Waals surface area contributed by atoms with Crippen LogP contribution < -0.4 is 13.8 Å². The van der Waals surface area contributed by atoms with Crippen molar-refractivity contribution in [3.05, 3.63) is 120 Å². The van der Waals surface area contributed by atoms with Crippen molar-refractivity contribution in [3.8, 4) is 22.8 Å². The Morgan fingerprint density at radius 2 is 1.62 bits per heavy atom. The number of aryl methyl sites for hydroxylation is 1. The number of anilines is 1. The van der Waals surface area contributed by atoms with Gasteiger partial charge in [-0.1, -0.05) is 75.3 Å². The number of likely N-dealkylation sites (N-methyl/N-ethyl adjacent to an activating group) is 1. The van der Waals surface area contributed by atoms with Crippen LogP contribution in [0.5, 0.6) is 11.5 Å². The molecule has 5 aliphatic rings. The highest BCUT2D eigenvalue weighted by Crippen LogP contribution is 2.69. The number of rotatable bonds is 10. The van der Waals surface area contributed by atoms with Crippen LogP contribution in [0, 0.1) is 0 Å². The molecule has 0 aliphatic carbocycles. The van der Waals surface area contributed by atoms with Crippen molar-refractivity contribution in [3.63, 3.8) is 0 Å². The van der Waals surface area contributed by atoms with Gasteiger partial charge < -0.3 is 14.4 Å². The Morgan fingerprint density at radius 1 is 0.906 bits per heavy atom. The summed E-state index contributed by atoms with van der Waals surface area (Å²) in [7, 11) is 1.82. The Hall–Kier alpha value is -4.99. The molecule has 15 heteroatoms. The molecule has 2 amide bonds. The number of aromatic nitrogens is 3. The second-order valence-corrected chi connectivity index (χ2v) is 17.8. The van der Waals surface area contributed by atoms with E-state index in [1.807, 2.05) is 66.9 Å². The highest BCUT2D eigenvalue weighted by molar-refractivity contribution is 8.78. The van der Waals surface area contributed by atoms with E-state index >= 15 is 0 Å². The van der Waals surface area contributed by atoms with Gasteiger partial charge in [0, 0.05) is 32.0 Å². The van der Waals surface area contributed by atoms with Gasteiger partial charge in [0.05, 0.1) is 35.9 Å². The largest absolute Gasteiger partial charge is 0.497 e. The smallest absolute Gasteiger partial charge is 0.266 e. The quantitative estimate of drug-likeness (QED) is 0.135. The summed E-state index contributed by atoms with van der Waals surface area (Å²) in [6.45, 7) is 1.04. The van der Waals surface area contributed by atoms with Crippen molar-refractivity contribution in [2.45, 2.75) is 46.1 Å². The molecular formula is C38H34N6O6S3. The molecule has 4 fully saturated rings. The SMILES string of the molecule is COc1ccc(-c2cn(CCCOc3ccc([C@]45C[C@@]67SS[C@@H](C(=O)N6[C@H]4N(S(=O)(=O)c4ccccc4)c4ccccc45)N(C)C7=O)cc3)nn2)cc1. The summed E-state index contributed by atoms with van der Waals surface area (Å²) < 4.78 is 43.9. The number of nitrogens with zero attached hydrogens (tertiary/aromatic N) is 6. The zero-order chi connectivity index (χ0) is 36.5. The lowest BCUT2D eigenvalue weighted by atomic mass is 9.72. The average Bonchev–Trinajstić information content (AvgIpc) is 3.87. The van der Waals surface area contributed by atoms with E-state index in [2.05, 4.69) is 10.3 Å². The maximum atomic E-state index is 14.7. The number of hydrogen-bond acceptors (Lipinski definition) is 10. The number of carbonyl (C=O) groups excluding carboxylic acids is 2. The van der Waals surface area contributed by atoms with Crippen molar-refractivity contribution in [1.82, 2.24) is 24.8 Å². The number of amides is 2. The number of carbonyl (C=O) groups is 2. The molecule has 4 atom stereocenters.